The highest BCUT2D eigenvalue weighted by Crippen LogP contribution is 2.23. The van der Waals surface area contributed by atoms with Crippen molar-refractivity contribution in [1.29, 1.82) is 0 Å². The first-order chi connectivity index (χ1) is 14.2. The van der Waals surface area contributed by atoms with E-state index in [2.05, 4.69) is 41.1 Å². The molecule has 4 aromatic rings. The van der Waals surface area contributed by atoms with Crippen LogP contribution in [0.15, 0.2) is 71.6 Å². The van der Waals surface area contributed by atoms with Gasteiger partial charge in [-0.15, -0.1) is 0 Å². The second-order valence-corrected chi connectivity index (χ2v) is 7.24. The van der Waals surface area contributed by atoms with Gasteiger partial charge in [0.1, 0.15) is 11.3 Å². The van der Waals surface area contributed by atoms with E-state index >= 15 is 0 Å². The Balaban J connectivity index is 1.42. The van der Waals surface area contributed by atoms with E-state index in [4.69, 9.17) is 4.98 Å². The van der Waals surface area contributed by atoms with Crippen LogP contribution in [0.5, 0.6) is 0 Å². The Morgan fingerprint density at radius 2 is 1.86 bits per heavy atom. The molecule has 0 atom stereocenters. The molecule has 3 aromatic heterocycles. The Kier molecular flexibility index (Phi) is 5.81. The minimum Gasteiger partial charge on any atom is -0.338 e. The summed E-state index contributed by atoms with van der Waals surface area (Å²) >= 11 is 3.42. The average Bonchev–Trinajstić information content (AvgIpc) is 3.12. The van der Waals surface area contributed by atoms with Crippen LogP contribution in [0.25, 0.3) is 22.6 Å². The lowest BCUT2D eigenvalue weighted by Crippen LogP contribution is -2.30. The third-order valence-corrected chi connectivity index (χ3v) is 5.10. The van der Waals surface area contributed by atoms with Crippen molar-refractivity contribution < 1.29 is 4.79 Å². The third kappa shape index (κ3) is 4.43. The van der Waals surface area contributed by atoms with Crippen LogP contribution in [-0.4, -0.2) is 32.1 Å². The summed E-state index contributed by atoms with van der Waals surface area (Å²) in [4.78, 5) is 25.4. The van der Waals surface area contributed by atoms with Gasteiger partial charge in [0.15, 0.2) is 5.65 Å². The molecule has 29 heavy (non-hydrogen) atoms. The summed E-state index contributed by atoms with van der Waals surface area (Å²) in [7, 11) is 0. The zero-order chi connectivity index (χ0) is 20.1. The number of para-hydroxylation sites is 1. The fraction of sp³-hybridized carbons (Fsp3) is 0.143. The van der Waals surface area contributed by atoms with Gasteiger partial charge in [-0.05, 0) is 58.7 Å². The average molecular weight is 451 g/mol. The largest absolute Gasteiger partial charge is 0.338 e. The van der Waals surface area contributed by atoms with Gasteiger partial charge >= 0.3 is 6.03 Å². The van der Waals surface area contributed by atoms with E-state index in [1.807, 2.05) is 48.5 Å². The Morgan fingerprint density at radius 3 is 2.69 bits per heavy atom. The van der Waals surface area contributed by atoms with Gasteiger partial charge in [-0.1, -0.05) is 12.1 Å². The number of aryl methyl sites for hydroxylation is 1. The van der Waals surface area contributed by atoms with Crippen LogP contribution in [0.2, 0.25) is 0 Å². The number of imidazole rings is 1. The van der Waals surface area contributed by atoms with Crippen molar-refractivity contribution in [1.82, 2.24) is 24.8 Å². The van der Waals surface area contributed by atoms with E-state index in [-0.39, 0.29) is 6.03 Å². The molecule has 0 saturated carbocycles. The number of amides is 2. The molecule has 0 saturated heterocycles. The summed E-state index contributed by atoms with van der Waals surface area (Å²) in [6.07, 6.45) is 6.00. The van der Waals surface area contributed by atoms with Gasteiger partial charge in [0.05, 0.1) is 5.69 Å². The molecule has 8 heteroatoms. The molecule has 4 rings (SSSR count). The number of nitrogens with zero attached hydrogens (tertiary/aromatic N) is 4. The van der Waals surface area contributed by atoms with Crippen LogP contribution in [-0.2, 0) is 6.54 Å². The van der Waals surface area contributed by atoms with Crippen molar-refractivity contribution in [3.05, 3.63) is 71.6 Å². The molecule has 0 aliphatic carbocycles. The molecule has 0 aliphatic heterocycles. The zero-order valence-electron chi connectivity index (χ0n) is 15.5. The number of urea groups is 1. The number of halogens is 1. The smallest absolute Gasteiger partial charge is 0.319 e. The van der Waals surface area contributed by atoms with Crippen molar-refractivity contribution in [3.8, 4) is 11.4 Å². The van der Waals surface area contributed by atoms with E-state index in [0.717, 1.165) is 39.1 Å². The number of hydrogen-bond acceptors (Lipinski definition) is 4. The first-order valence-corrected chi connectivity index (χ1v) is 10.0. The summed E-state index contributed by atoms with van der Waals surface area (Å²) < 4.78 is 2.92. The van der Waals surface area contributed by atoms with Crippen LogP contribution >= 0.6 is 15.9 Å². The van der Waals surface area contributed by atoms with Crippen LogP contribution < -0.4 is 10.6 Å². The predicted molar refractivity (Wildman–Crippen MR) is 117 cm³/mol. The molecule has 0 radical (unpaired) electrons. The highest BCUT2D eigenvalue weighted by Gasteiger charge is 2.13. The number of nitrogens with one attached hydrogen (secondary N) is 2. The summed E-state index contributed by atoms with van der Waals surface area (Å²) in [5, 5.41) is 5.73. The van der Waals surface area contributed by atoms with Crippen LogP contribution in [0, 0.1) is 0 Å². The van der Waals surface area contributed by atoms with Crippen molar-refractivity contribution in [2.45, 2.75) is 13.0 Å². The molecule has 7 nitrogen and oxygen atoms in total. The van der Waals surface area contributed by atoms with Gasteiger partial charge < -0.3 is 15.2 Å². The maximum absolute atomic E-state index is 12.1. The maximum atomic E-state index is 12.1. The number of carbonyl (C=O) groups excluding carboxylic acids is 1. The summed E-state index contributed by atoms with van der Waals surface area (Å²) in [5.74, 6) is 0.846. The lowest BCUT2D eigenvalue weighted by Gasteiger charge is -2.11. The molecule has 2 N–H and O–H groups in total. The van der Waals surface area contributed by atoms with Crippen LogP contribution in [0.4, 0.5) is 10.5 Å². The van der Waals surface area contributed by atoms with Crippen molar-refractivity contribution in [2.24, 2.45) is 0 Å². The molecular weight excluding hydrogens is 432 g/mol. The van der Waals surface area contributed by atoms with Gasteiger partial charge in [0.2, 0.25) is 0 Å². The normalized spacial score (nSPS) is 10.8. The molecule has 0 spiro atoms. The van der Waals surface area contributed by atoms with Crippen molar-refractivity contribution in [2.75, 3.05) is 11.9 Å². The number of pyridine rings is 2. The number of fused-ring (bicyclic) bond motifs is 1. The third-order valence-electron chi connectivity index (χ3n) is 4.41. The quantitative estimate of drug-likeness (QED) is 0.424. The standard InChI is InChI=1S/C21H19BrN6O/c22-16-5-1-2-6-17(16)27-21(29)25-11-4-14-28-19(15-8-12-23-13-9-15)26-18-7-3-10-24-20(18)28/h1-3,5-10,12-13H,4,11,14H2,(H2,25,27,29). The highest BCUT2D eigenvalue weighted by molar-refractivity contribution is 9.10. The summed E-state index contributed by atoms with van der Waals surface area (Å²) in [6, 6.07) is 15.0. The van der Waals surface area contributed by atoms with Crippen LogP contribution in [0.3, 0.4) is 0 Å². The van der Waals surface area contributed by atoms with E-state index in [9.17, 15) is 4.79 Å². The molecule has 0 fully saturated rings. The van der Waals surface area contributed by atoms with Gasteiger partial charge in [-0.3, -0.25) is 4.98 Å². The summed E-state index contributed by atoms with van der Waals surface area (Å²) in [5.41, 5.74) is 3.39. The molecule has 2 amide bonds. The number of rotatable bonds is 6. The molecule has 0 aliphatic rings. The molecule has 0 bridgehead atoms. The molecule has 1 aromatic carbocycles. The predicted octanol–water partition coefficient (Wildman–Crippen LogP) is 4.47. The number of aromatic nitrogens is 4. The van der Waals surface area contributed by atoms with Gasteiger partial charge in [0.25, 0.3) is 0 Å². The van der Waals surface area contributed by atoms with E-state index < -0.39 is 0 Å². The van der Waals surface area contributed by atoms with Crippen LogP contribution in [0.1, 0.15) is 6.42 Å². The minimum atomic E-state index is -0.236. The SMILES string of the molecule is O=C(NCCCn1c(-c2ccncc2)nc2cccnc21)Nc1ccccc1Br. The van der Waals surface area contributed by atoms with E-state index in [1.54, 1.807) is 18.6 Å². The zero-order valence-corrected chi connectivity index (χ0v) is 17.1. The molecule has 146 valence electrons. The van der Waals surface area contributed by atoms with Gasteiger partial charge in [-0.2, -0.15) is 0 Å². The first-order valence-electron chi connectivity index (χ1n) is 9.23. The van der Waals surface area contributed by atoms with Crippen molar-refractivity contribution >= 4 is 38.8 Å². The second kappa shape index (κ2) is 8.83. The summed E-state index contributed by atoms with van der Waals surface area (Å²) in [6.45, 7) is 1.21. The van der Waals surface area contributed by atoms with Crippen molar-refractivity contribution in [3.63, 3.8) is 0 Å². The minimum absolute atomic E-state index is 0.236. The molecule has 0 unspecified atom stereocenters. The number of benzene rings is 1. The molecular formula is C21H19BrN6O. The Labute approximate surface area is 176 Å². The van der Waals surface area contributed by atoms with E-state index in [1.165, 1.54) is 0 Å². The monoisotopic (exact) mass is 450 g/mol. The number of anilines is 1. The highest BCUT2D eigenvalue weighted by atomic mass is 79.9. The fourth-order valence-electron chi connectivity index (χ4n) is 3.06. The second-order valence-electron chi connectivity index (χ2n) is 6.38. The Hall–Kier alpha value is -3.26. The first kappa shape index (κ1) is 19.1. The van der Waals surface area contributed by atoms with Gasteiger partial charge in [0, 0.05) is 41.7 Å². The maximum Gasteiger partial charge on any atom is 0.319 e. The Morgan fingerprint density at radius 1 is 1.03 bits per heavy atom. The topological polar surface area (TPSA) is 84.7 Å². The lowest BCUT2D eigenvalue weighted by atomic mass is 10.2. The number of carbonyl (C=O) groups is 1. The Bertz CT molecular complexity index is 1130. The fourth-order valence-corrected chi connectivity index (χ4v) is 3.44. The van der Waals surface area contributed by atoms with Gasteiger partial charge in [-0.25, -0.2) is 14.8 Å². The number of hydrogen-bond donors (Lipinski definition) is 2. The van der Waals surface area contributed by atoms with E-state index in [0.29, 0.717) is 13.1 Å². The lowest BCUT2D eigenvalue weighted by molar-refractivity contribution is 0.252. The molecule has 3 heterocycles.